The Morgan fingerprint density at radius 3 is 2.67 bits per heavy atom. The van der Waals surface area contributed by atoms with Crippen molar-refractivity contribution in [2.75, 3.05) is 18.6 Å². The lowest BCUT2D eigenvalue weighted by molar-refractivity contribution is -0.147. The molecule has 144 valence electrons. The van der Waals surface area contributed by atoms with Crippen molar-refractivity contribution in [1.29, 1.82) is 5.26 Å². The fraction of sp³-hybridized carbons (Fsp3) is 0.500. The maximum atomic E-state index is 13.0. The van der Waals surface area contributed by atoms with Gasteiger partial charge in [-0.15, -0.1) is 0 Å². The molecular formula is C18H22N4O4S. The van der Waals surface area contributed by atoms with Gasteiger partial charge in [-0.1, -0.05) is 0 Å². The summed E-state index contributed by atoms with van der Waals surface area (Å²) in [5, 5.41) is 9.33. The maximum absolute atomic E-state index is 13.0. The number of methoxy groups -OCH3 is 1. The van der Waals surface area contributed by atoms with Crippen LogP contribution in [-0.4, -0.2) is 52.2 Å². The number of esters is 1. The number of nitriles is 1. The second kappa shape index (κ2) is 7.88. The highest BCUT2D eigenvalue weighted by Gasteiger charge is 2.49. The van der Waals surface area contributed by atoms with E-state index in [-0.39, 0.29) is 47.5 Å². The molecule has 0 spiro atoms. The fourth-order valence-corrected chi connectivity index (χ4v) is 3.27. The Balaban J connectivity index is 2.28. The minimum Gasteiger partial charge on any atom is -0.494 e. The number of aromatic nitrogens is 1. The second-order valence-electron chi connectivity index (χ2n) is 6.78. The quantitative estimate of drug-likeness (QED) is 0.538. The Morgan fingerprint density at radius 1 is 1.44 bits per heavy atom. The molecule has 8 nitrogen and oxygen atoms in total. The van der Waals surface area contributed by atoms with Crippen molar-refractivity contribution in [1.82, 2.24) is 9.88 Å². The smallest absolute Gasteiger partial charge is 0.307 e. The number of hydrogen-bond acceptors (Lipinski definition) is 7. The lowest BCUT2D eigenvalue weighted by atomic mass is 10.0. The SMILES string of the molecule is COc1cc(N2C(=O)C(C)(C)N(CCC(=O)OC(C)C)C2=S)cnc1C#N. The summed E-state index contributed by atoms with van der Waals surface area (Å²) < 4.78 is 10.3. The number of thiocarbonyl (C=S) groups is 1. The van der Waals surface area contributed by atoms with Crippen molar-refractivity contribution < 1.29 is 19.1 Å². The summed E-state index contributed by atoms with van der Waals surface area (Å²) in [6.45, 7) is 7.28. The minimum absolute atomic E-state index is 0.109. The van der Waals surface area contributed by atoms with Crippen molar-refractivity contribution in [3.8, 4) is 11.8 Å². The predicted molar refractivity (Wildman–Crippen MR) is 102 cm³/mol. The first kappa shape index (κ1) is 20.6. The van der Waals surface area contributed by atoms with Crippen LogP contribution in [0.15, 0.2) is 12.3 Å². The first-order chi connectivity index (χ1) is 12.6. The molecule has 0 atom stereocenters. The summed E-state index contributed by atoms with van der Waals surface area (Å²) in [7, 11) is 1.42. The van der Waals surface area contributed by atoms with Crippen LogP contribution in [0.25, 0.3) is 0 Å². The van der Waals surface area contributed by atoms with Crippen LogP contribution in [-0.2, 0) is 14.3 Å². The monoisotopic (exact) mass is 390 g/mol. The molecule has 1 amide bonds. The third-order valence-corrected chi connectivity index (χ3v) is 4.56. The molecule has 9 heteroatoms. The third kappa shape index (κ3) is 4.01. The average molecular weight is 390 g/mol. The summed E-state index contributed by atoms with van der Waals surface area (Å²) in [4.78, 5) is 31.9. The molecule has 1 aliphatic heterocycles. The highest BCUT2D eigenvalue weighted by molar-refractivity contribution is 7.80. The van der Waals surface area contributed by atoms with Gasteiger partial charge in [0.2, 0.25) is 0 Å². The van der Waals surface area contributed by atoms with Gasteiger partial charge in [-0.2, -0.15) is 5.26 Å². The van der Waals surface area contributed by atoms with Crippen molar-refractivity contribution in [2.45, 2.75) is 45.8 Å². The molecule has 2 rings (SSSR count). The zero-order valence-corrected chi connectivity index (χ0v) is 16.8. The minimum atomic E-state index is -0.934. The Hall–Kier alpha value is -2.73. The summed E-state index contributed by atoms with van der Waals surface area (Å²) in [5.41, 5.74) is -0.413. The van der Waals surface area contributed by atoms with E-state index in [0.717, 1.165) is 0 Å². The van der Waals surface area contributed by atoms with Crippen LogP contribution in [0.5, 0.6) is 5.75 Å². The van der Waals surface area contributed by atoms with Crippen LogP contribution in [0.3, 0.4) is 0 Å². The van der Waals surface area contributed by atoms with Gasteiger partial charge in [-0.3, -0.25) is 14.5 Å². The van der Waals surface area contributed by atoms with E-state index >= 15 is 0 Å². The number of amides is 1. The Labute approximate surface area is 163 Å². The standard InChI is InChI=1S/C18H22N4O4S/c1-11(2)26-15(23)6-7-21-17(27)22(16(24)18(21,3)4)12-8-14(25-5)13(9-19)20-10-12/h8,10-11H,6-7H2,1-5H3. The number of nitrogens with zero attached hydrogens (tertiary/aromatic N) is 4. The highest BCUT2D eigenvalue weighted by atomic mass is 32.1. The normalized spacial score (nSPS) is 15.9. The molecule has 0 aliphatic carbocycles. The van der Waals surface area contributed by atoms with Gasteiger partial charge < -0.3 is 14.4 Å². The molecule has 0 radical (unpaired) electrons. The molecule has 1 saturated heterocycles. The molecule has 0 saturated carbocycles. The summed E-state index contributed by atoms with van der Waals surface area (Å²) in [6.07, 6.45) is 1.31. The average Bonchev–Trinajstić information content (AvgIpc) is 2.77. The molecular weight excluding hydrogens is 368 g/mol. The van der Waals surface area contributed by atoms with E-state index in [1.807, 2.05) is 6.07 Å². The zero-order chi connectivity index (χ0) is 20.4. The maximum Gasteiger partial charge on any atom is 0.307 e. The Kier molecular flexibility index (Phi) is 6.01. The number of carbonyl (C=O) groups is 2. The van der Waals surface area contributed by atoms with Crippen molar-refractivity contribution in [3.63, 3.8) is 0 Å². The summed E-state index contributed by atoms with van der Waals surface area (Å²) in [5.74, 6) is -0.350. The number of rotatable bonds is 6. The van der Waals surface area contributed by atoms with E-state index in [9.17, 15) is 9.59 Å². The highest BCUT2D eigenvalue weighted by Crippen LogP contribution is 2.34. The molecule has 0 N–H and O–H groups in total. The number of hydrogen-bond donors (Lipinski definition) is 0. The van der Waals surface area contributed by atoms with Crippen LogP contribution in [0.2, 0.25) is 0 Å². The van der Waals surface area contributed by atoms with E-state index in [0.29, 0.717) is 5.69 Å². The second-order valence-corrected chi connectivity index (χ2v) is 7.14. The van der Waals surface area contributed by atoms with E-state index < -0.39 is 5.54 Å². The van der Waals surface area contributed by atoms with Gasteiger partial charge in [0, 0.05) is 12.6 Å². The van der Waals surface area contributed by atoms with Gasteiger partial charge in [-0.25, -0.2) is 4.98 Å². The Bertz CT molecular complexity index is 816. The van der Waals surface area contributed by atoms with Crippen LogP contribution >= 0.6 is 12.2 Å². The lowest BCUT2D eigenvalue weighted by Crippen LogP contribution is -2.45. The number of ether oxygens (including phenoxy) is 2. The molecule has 27 heavy (non-hydrogen) atoms. The topological polar surface area (TPSA) is 95.8 Å². The number of carbonyl (C=O) groups excluding carboxylic acids is 2. The third-order valence-electron chi connectivity index (χ3n) is 4.15. The Morgan fingerprint density at radius 2 is 2.11 bits per heavy atom. The molecule has 1 aromatic heterocycles. The van der Waals surface area contributed by atoms with Gasteiger partial charge in [0.05, 0.1) is 31.5 Å². The number of pyridine rings is 1. The summed E-state index contributed by atoms with van der Waals surface area (Å²) >= 11 is 5.50. The zero-order valence-electron chi connectivity index (χ0n) is 16.0. The first-order valence-corrected chi connectivity index (χ1v) is 8.84. The largest absolute Gasteiger partial charge is 0.494 e. The van der Waals surface area contributed by atoms with Crippen LogP contribution in [0, 0.1) is 11.3 Å². The molecule has 1 aliphatic rings. The first-order valence-electron chi connectivity index (χ1n) is 8.43. The molecule has 0 unspecified atom stereocenters. The van der Waals surface area contributed by atoms with Gasteiger partial charge in [0.1, 0.15) is 11.6 Å². The molecule has 1 aromatic rings. The van der Waals surface area contributed by atoms with E-state index in [1.54, 1.807) is 38.7 Å². The van der Waals surface area contributed by atoms with Gasteiger partial charge in [-0.05, 0) is 39.9 Å². The predicted octanol–water partition coefficient (Wildman–Crippen LogP) is 2.02. The van der Waals surface area contributed by atoms with E-state index in [4.69, 9.17) is 27.0 Å². The molecule has 1 fully saturated rings. The van der Waals surface area contributed by atoms with E-state index in [2.05, 4.69) is 4.98 Å². The summed E-state index contributed by atoms with van der Waals surface area (Å²) in [6, 6.07) is 3.47. The number of anilines is 1. The lowest BCUT2D eigenvalue weighted by Gasteiger charge is -2.29. The van der Waals surface area contributed by atoms with Gasteiger partial charge in [0.25, 0.3) is 5.91 Å². The molecule has 0 aromatic carbocycles. The van der Waals surface area contributed by atoms with Gasteiger partial charge >= 0.3 is 5.97 Å². The fourth-order valence-electron chi connectivity index (χ4n) is 2.76. The van der Waals surface area contributed by atoms with Crippen molar-refractivity contribution in [2.24, 2.45) is 0 Å². The van der Waals surface area contributed by atoms with Gasteiger partial charge in [0.15, 0.2) is 16.6 Å². The molecule has 2 heterocycles. The van der Waals surface area contributed by atoms with Crippen molar-refractivity contribution >= 4 is 34.9 Å². The van der Waals surface area contributed by atoms with Crippen molar-refractivity contribution in [3.05, 3.63) is 18.0 Å². The van der Waals surface area contributed by atoms with Crippen LogP contribution < -0.4 is 9.64 Å². The van der Waals surface area contributed by atoms with E-state index in [1.165, 1.54) is 18.2 Å². The van der Waals surface area contributed by atoms with Crippen LogP contribution in [0.4, 0.5) is 5.69 Å². The molecule has 0 bridgehead atoms. The van der Waals surface area contributed by atoms with Crippen LogP contribution in [0.1, 0.15) is 39.8 Å².